The largest absolute Gasteiger partial charge is 0.493 e. The van der Waals surface area contributed by atoms with Gasteiger partial charge in [0.05, 0.1) is 25.3 Å². The first-order valence-electron chi connectivity index (χ1n) is 11.0. The van der Waals surface area contributed by atoms with E-state index in [0.29, 0.717) is 11.7 Å². The van der Waals surface area contributed by atoms with Crippen LogP contribution in [-0.2, 0) is 0 Å². The fourth-order valence-electron chi connectivity index (χ4n) is 6.14. The van der Waals surface area contributed by atoms with Gasteiger partial charge in [-0.3, -0.25) is 4.79 Å². The van der Waals surface area contributed by atoms with Crippen LogP contribution in [0.1, 0.15) is 50.2 Å². The summed E-state index contributed by atoms with van der Waals surface area (Å²) >= 11 is 0. The lowest BCUT2D eigenvalue weighted by Gasteiger charge is -2.60. The molecule has 3 aromatic rings. The van der Waals surface area contributed by atoms with Gasteiger partial charge in [-0.1, -0.05) is 31.5 Å². The van der Waals surface area contributed by atoms with Crippen LogP contribution >= 0.6 is 0 Å². The van der Waals surface area contributed by atoms with Gasteiger partial charge in [-0.25, -0.2) is 0 Å². The number of aromatic amines is 1. The molecule has 0 unspecified atom stereocenters. The number of H-pyrrole nitrogens is 1. The van der Waals surface area contributed by atoms with E-state index in [9.17, 15) is 4.79 Å². The smallest absolute Gasteiger partial charge is 0.255 e. The minimum Gasteiger partial charge on any atom is -0.493 e. The Balaban J connectivity index is 1.72. The quantitative estimate of drug-likeness (QED) is 0.628. The molecule has 4 atom stereocenters. The summed E-state index contributed by atoms with van der Waals surface area (Å²) in [5.41, 5.74) is 2.38. The van der Waals surface area contributed by atoms with Crippen LogP contribution < -0.4 is 19.8 Å². The SMILES string of the molecule is CC[C@@H]1[C@@H](c2ccc(OC)c(OC)c2)[C@H]2c3c(c4ccccc4[nH]c3=O)OC(C)(C)[C@@H]12. The van der Waals surface area contributed by atoms with E-state index in [4.69, 9.17) is 14.2 Å². The van der Waals surface area contributed by atoms with Gasteiger partial charge >= 0.3 is 0 Å². The topological polar surface area (TPSA) is 60.5 Å². The number of methoxy groups -OCH3 is 2. The van der Waals surface area contributed by atoms with Crippen LogP contribution in [0.5, 0.6) is 17.2 Å². The fourth-order valence-corrected chi connectivity index (χ4v) is 6.14. The molecule has 0 saturated heterocycles. The number of hydrogen-bond acceptors (Lipinski definition) is 4. The molecular weight excluding hydrogens is 390 g/mol. The second-order valence-corrected chi connectivity index (χ2v) is 9.21. The Kier molecular flexibility index (Phi) is 4.54. The molecule has 5 heteroatoms. The second kappa shape index (κ2) is 7.04. The Morgan fingerprint density at radius 1 is 1.03 bits per heavy atom. The number of aromatic nitrogens is 1. The van der Waals surface area contributed by atoms with Crippen LogP contribution in [-0.4, -0.2) is 24.8 Å². The maximum atomic E-state index is 13.3. The van der Waals surface area contributed by atoms with Crippen molar-refractivity contribution in [2.24, 2.45) is 11.8 Å². The molecule has 1 saturated carbocycles. The lowest BCUT2D eigenvalue weighted by Crippen LogP contribution is -2.59. The van der Waals surface area contributed by atoms with Crippen LogP contribution in [0.2, 0.25) is 0 Å². The van der Waals surface area contributed by atoms with Gasteiger partial charge in [-0.2, -0.15) is 0 Å². The van der Waals surface area contributed by atoms with Crippen molar-refractivity contribution in [3.63, 3.8) is 0 Å². The second-order valence-electron chi connectivity index (χ2n) is 9.21. The average molecular weight is 420 g/mol. The highest BCUT2D eigenvalue weighted by Gasteiger charge is 2.61. The number of pyridine rings is 1. The number of benzene rings is 2. The Morgan fingerprint density at radius 3 is 2.48 bits per heavy atom. The first kappa shape index (κ1) is 20.0. The van der Waals surface area contributed by atoms with Crippen molar-refractivity contribution in [1.82, 2.24) is 4.98 Å². The molecule has 1 aromatic heterocycles. The van der Waals surface area contributed by atoms with E-state index in [-0.39, 0.29) is 28.9 Å². The average Bonchev–Trinajstić information content (AvgIpc) is 2.74. The van der Waals surface area contributed by atoms with Crippen LogP contribution in [0.3, 0.4) is 0 Å². The zero-order valence-corrected chi connectivity index (χ0v) is 18.7. The molecular formula is C26H29NO4. The first-order chi connectivity index (χ1) is 14.9. The predicted octanol–water partition coefficient (Wildman–Crippen LogP) is 5.24. The zero-order valence-electron chi connectivity index (χ0n) is 18.7. The van der Waals surface area contributed by atoms with Crippen LogP contribution in [0.25, 0.3) is 10.9 Å². The molecule has 31 heavy (non-hydrogen) atoms. The first-order valence-corrected chi connectivity index (χ1v) is 11.0. The van der Waals surface area contributed by atoms with Crippen LogP contribution in [0.4, 0.5) is 0 Å². The van der Waals surface area contributed by atoms with E-state index in [0.717, 1.165) is 34.4 Å². The summed E-state index contributed by atoms with van der Waals surface area (Å²) in [7, 11) is 3.31. The molecule has 162 valence electrons. The van der Waals surface area contributed by atoms with Gasteiger partial charge in [0.2, 0.25) is 0 Å². The molecule has 1 aliphatic heterocycles. The minimum absolute atomic E-state index is 0.0424. The van der Waals surface area contributed by atoms with Gasteiger partial charge in [0.1, 0.15) is 11.4 Å². The molecule has 2 heterocycles. The van der Waals surface area contributed by atoms with E-state index >= 15 is 0 Å². The van der Waals surface area contributed by atoms with E-state index in [1.807, 2.05) is 30.3 Å². The van der Waals surface area contributed by atoms with Crippen molar-refractivity contribution in [3.05, 3.63) is 63.9 Å². The molecule has 0 amide bonds. The lowest BCUT2D eigenvalue weighted by atomic mass is 9.47. The van der Waals surface area contributed by atoms with Crippen molar-refractivity contribution in [1.29, 1.82) is 0 Å². The number of nitrogens with one attached hydrogen (secondary N) is 1. The van der Waals surface area contributed by atoms with Crippen molar-refractivity contribution in [3.8, 4) is 17.2 Å². The fraction of sp³-hybridized carbons (Fsp3) is 0.423. The minimum atomic E-state index is -0.359. The third kappa shape index (κ3) is 2.79. The Morgan fingerprint density at radius 2 is 1.77 bits per heavy atom. The maximum absolute atomic E-state index is 13.3. The summed E-state index contributed by atoms with van der Waals surface area (Å²) in [4.78, 5) is 16.4. The summed E-state index contributed by atoms with van der Waals surface area (Å²) in [6.45, 7) is 6.55. The van der Waals surface area contributed by atoms with Gasteiger partial charge in [0.25, 0.3) is 5.56 Å². The standard InChI is InChI=1S/C26H29NO4/c1-6-15-20(14-11-12-18(29-4)19(13-14)30-5)21-22-24(31-26(2,3)23(15)21)16-9-7-8-10-17(16)27-25(22)28/h7-13,15,20-21,23H,6H2,1-5H3,(H,27,28)/t15-,20-,21+,23+/m1/s1. The number of fused-ring (bicyclic) bond motifs is 5. The van der Waals surface area contributed by atoms with E-state index < -0.39 is 0 Å². The number of hydrogen-bond donors (Lipinski definition) is 1. The Hall–Kier alpha value is -2.95. The summed E-state index contributed by atoms with van der Waals surface area (Å²) < 4.78 is 17.6. The molecule has 2 aliphatic rings. The molecule has 0 radical (unpaired) electrons. The van der Waals surface area contributed by atoms with Gasteiger partial charge in [0, 0.05) is 17.2 Å². The van der Waals surface area contributed by atoms with Crippen molar-refractivity contribution in [2.45, 2.75) is 44.6 Å². The molecule has 1 fully saturated rings. The van der Waals surface area contributed by atoms with E-state index in [1.165, 1.54) is 5.56 Å². The number of para-hydroxylation sites is 1. The third-order valence-corrected chi connectivity index (χ3v) is 7.37. The third-order valence-electron chi connectivity index (χ3n) is 7.37. The Bertz CT molecular complexity index is 1210. The molecule has 0 spiro atoms. The summed E-state index contributed by atoms with van der Waals surface area (Å²) in [5.74, 6) is 3.17. The molecule has 1 N–H and O–H groups in total. The molecule has 1 aliphatic carbocycles. The van der Waals surface area contributed by atoms with Crippen LogP contribution in [0, 0.1) is 11.8 Å². The van der Waals surface area contributed by atoms with Gasteiger partial charge in [0.15, 0.2) is 11.5 Å². The molecule has 0 bridgehead atoms. The summed E-state index contributed by atoms with van der Waals surface area (Å²) in [6.07, 6.45) is 1.02. The van der Waals surface area contributed by atoms with E-state index in [1.54, 1.807) is 14.2 Å². The highest BCUT2D eigenvalue weighted by molar-refractivity contribution is 5.86. The molecule has 2 aromatic carbocycles. The van der Waals surface area contributed by atoms with Crippen molar-refractivity contribution in [2.75, 3.05) is 14.2 Å². The Labute approximate surface area is 182 Å². The van der Waals surface area contributed by atoms with Gasteiger partial charge in [-0.05, 0) is 55.5 Å². The van der Waals surface area contributed by atoms with Crippen molar-refractivity contribution >= 4 is 10.9 Å². The normalized spacial score (nSPS) is 25.7. The molecule has 5 rings (SSSR count). The monoisotopic (exact) mass is 419 g/mol. The van der Waals surface area contributed by atoms with Crippen LogP contribution in [0.15, 0.2) is 47.3 Å². The van der Waals surface area contributed by atoms with Gasteiger partial charge < -0.3 is 19.2 Å². The van der Waals surface area contributed by atoms with Crippen molar-refractivity contribution < 1.29 is 14.2 Å². The molecule has 5 nitrogen and oxygen atoms in total. The van der Waals surface area contributed by atoms with E-state index in [2.05, 4.69) is 37.9 Å². The summed E-state index contributed by atoms with van der Waals surface area (Å²) in [6, 6.07) is 14.0. The predicted molar refractivity (Wildman–Crippen MR) is 122 cm³/mol. The lowest BCUT2D eigenvalue weighted by molar-refractivity contribution is -0.0902. The number of rotatable bonds is 4. The highest BCUT2D eigenvalue weighted by Crippen LogP contribution is 2.66. The highest BCUT2D eigenvalue weighted by atomic mass is 16.5. The summed E-state index contributed by atoms with van der Waals surface area (Å²) in [5, 5.41) is 0.967. The van der Waals surface area contributed by atoms with Gasteiger partial charge in [-0.15, -0.1) is 0 Å². The number of ether oxygens (including phenoxy) is 3. The zero-order chi connectivity index (χ0) is 21.9. The maximum Gasteiger partial charge on any atom is 0.255 e.